The summed E-state index contributed by atoms with van der Waals surface area (Å²) in [5.41, 5.74) is 2.94. The predicted molar refractivity (Wildman–Crippen MR) is 64.2 cm³/mol. The van der Waals surface area contributed by atoms with Crippen LogP contribution in [0.1, 0.15) is 59.8 Å². The second-order valence-corrected chi connectivity index (χ2v) is 5.07. The van der Waals surface area contributed by atoms with E-state index in [9.17, 15) is 4.79 Å². The van der Waals surface area contributed by atoms with E-state index in [0.717, 1.165) is 37.2 Å². The second kappa shape index (κ2) is 4.18. The number of carbonyl (C=O) groups excluding carboxylic acids is 1. The normalized spacial score (nSPS) is 25.0. The van der Waals surface area contributed by atoms with Gasteiger partial charge in [0.15, 0.2) is 5.78 Å². The van der Waals surface area contributed by atoms with Gasteiger partial charge in [0.1, 0.15) is 12.0 Å². The highest BCUT2D eigenvalue weighted by Gasteiger charge is 2.33. The van der Waals surface area contributed by atoms with Gasteiger partial charge >= 0.3 is 0 Å². The quantitative estimate of drug-likeness (QED) is 0.798. The Morgan fingerprint density at radius 3 is 2.82 bits per heavy atom. The molecule has 1 aromatic rings. The molecule has 1 aromatic heterocycles. The molecular weight excluding hydrogens is 214 g/mol. The Labute approximate surface area is 101 Å². The molecule has 1 N–H and O–H groups in total. The van der Waals surface area contributed by atoms with Gasteiger partial charge in [0.05, 0.1) is 5.69 Å². The fourth-order valence-corrected chi connectivity index (χ4v) is 3.01. The first kappa shape index (κ1) is 10.8. The Morgan fingerprint density at radius 1 is 1.29 bits per heavy atom. The van der Waals surface area contributed by atoms with E-state index in [-0.39, 0.29) is 5.78 Å². The number of piperidine rings is 1. The minimum atomic E-state index is 0.185. The minimum Gasteiger partial charge on any atom is -0.317 e. The third-order valence-corrected chi connectivity index (χ3v) is 3.89. The molecule has 0 saturated carbocycles. The first-order chi connectivity index (χ1) is 8.27. The van der Waals surface area contributed by atoms with Crippen LogP contribution in [0.15, 0.2) is 6.33 Å². The molecule has 3 rings (SSSR count). The van der Waals surface area contributed by atoms with Gasteiger partial charge in [-0.1, -0.05) is 6.92 Å². The van der Waals surface area contributed by atoms with E-state index in [1.807, 2.05) is 0 Å². The Balaban J connectivity index is 2.03. The Bertz CT molecular complexity index is 452. The Hall–Kier alpha value is -1.29. The summed E-state index contributed by atoms with van der Waals surface area (Å²) in [7, 11) is 0. The van der Waals surface area contributed by atoms with Crippen molar-refractivity contribution in [3.63, 3.8) is 0 Å². The first-order valence-electron chi connectivity index (χ1n) is 6.36. The molecule has 17 heavy (non-hydrogen) atoms. The van der Waals surface area contributed by atoms with Crippen molar-refractivity contribution in [1.82, 2.24) is 15.3 Å². The van der Waals surface area contributed by atoms with Gasteiger partial charge in [-0.3, -0.25) is 4.79 Å². The van der Waals surface area contributed by atoms with E-state index < -0.39 is 0 Å². The fraction of sp³-hybridized carbons (Fsp3) is 0.615. The van der Waals surface area contributed by atoms with Gasteiger partial charge in [-0.15, -0.1) is 0 Å². The molecule has 1 fully saturated rings. The van der Waals surface area contributed by atoms with Crippen LogP contribution in [-0.2, 0) is 0 Å². The summed E-state index contributed by atoms with van der Waals surface area (Å²) in [6.07, 6.45) is 4.40. The number of rotatable bonds is 1. The van der Waals surface area contributed by atoms with E-state index in [1.54, 1.807) is 6.33 Å². The lowest BCUT2D eigenvalue weighted by atomic mass is 9.88. The van der Waals surface area contributed by atoms with Crippen molar-refractivity contribution in [1.29, 1.82) is 0 Å². The van der Waals surface area contributed by atoms with Crippen LogP contribution >= 0.6 is 0 Å². The molecule has 0 bridgehead atoms. The van der Waals surface area contributed by atoms with Crippen molar-refractivity contribution in [2.24, 2.45) is 0 Å². The lowest BCUT2D eigenvalue weighted by Gasteiger charge is -2.24. The highest BCUT2D eigenvalue weighted by molar-refractivity contribution is 5.99. The molecule has 0 radical (unpaired) electrons. The van der Waals surface area contributed by atoms with Crippen molar-refractivity contribution < 1.29 is 4.79 Å². The van der Waals surface area contributed by atoms with E-state index >= 15 is 0 Å². The summed E-state index contributed by atoms with van der Waals surface area (Å²) in [4.78, 5) is 20.4. The van der Waals surface area contributed by atoms with Gasteiger partial charge in [0.25, 0.3) is 0 Å². The van der Waals surface area contributed by atoms with Crippen molar-refractivity contribution in [2.45, 2.75) is 38.0 Å². The molecule has 1 saturated heterocycles. The zero-order chi connectivity index (χ0) is 11.8. The third-order valence-electron chi connectivity index (χ3n) is 3.89. The number of hydrogen-bond acceptors (Lipinski definition) is 4. The Morgan fingerprint density at radius 2 is 2.06 bits per heavy atom. The monoisotopic (exact) mass is 231 g/mol. The Kier molecular flexibility index (Phi) is 2.67. The maximum atomic E-state index is 11.8. The van der Waals surface area contributed by atoms with Gasteiger partial charge in [-0.25, -0.2) is 9.97 Å². The van der Waals surface area contributed by atoms with Crippen LogP contribution < -0.4 is 5.32 Å². The molecule has 0 unspecified atom stereocenters. The van der Waals surface area contributed by atoms with Crippen molar-refractivity contribution in [3.8, 4) is 0 Å². The summed E-state index contributed by atoms with van der Waals surface area (Å²) >= 11 is 0. The number of hydrogen-bond donors (Lipinski definition) is 1. The van der Waals surface area contributed by atoms with E-state index in [2.05, 4.69) is 22.2 Å². The van der Waals surface area contributed by atoms with Crippen LogP contribution in [0.25, 0.3) is 0 Å². The standard InChI is InChI=1S/C13H17N3O/c1-8-6-10(17)13-11(8)12(15-7-16-13)9-2-4-14-5-3-9/h7-9,14H,2-6H2,1H3/t8-/m1/s1. The van der Waals surface area contributed by atoms with Gasteiger partial charge < -0.3 is 5.32 Å². The van der Waals surface area contributed by atoms with Gasteiger partial charge in [0, 0.05) is 17.9 Å². The summed E-state index contributed by atoms with van der Waals surface area (Å²) in [5, 5.41) is 3.36. The maximum absolute atomic E-state index is 11.8. The number of ketones is 1. The molecule has 4 nitrogen and oxygen atoms in total. The zero-order valence-corrected chi connectivity index (χ0v) is 10.1. The van der Waals surface area contributed by atoms with Gasteiger partial charge in [0.2, 0.25) is 0 Å². The highest BCUT2D eigenvalue weighted by Crippen LogP contribution is 2.37. The first-order valence-corrected chi connectivity index (χ1v) is 6.36. The fourth-order valence-electron chi connectivity index (χ4n) is 3.01. The average molecular weight is 231 g/mol. The molecule has 2 aliphatic rings. The van der Waals surface area contributed by atoms with Gasteiger partial charge in [-0.05, 0) is 31.8 Å². The average Bonchev–Trinajstić information content (AvgIpc) is 2.66. The van der Waals surface area contributed by atoms with E-state index in [4.69, 9.17) is 0 Å². The van der Waals surface area contributed by atoms with Crippen molar-refractivity contribution >= 4 is 5.78 Å². The number of fused-ring (bicyclic) bond motifs is 1. The molecule has 2 heterocycles. The number of aromatic nitrogens is 2. The molecule has 0 aromatic carbocycles. The largest absolute Gasteiger partial charge is 0.317 e. The lowest BCUT2D eigenvalue weighted by molar-refractivity contribution is 0.0986. The van der Waals surface area contributed by atoms with Gasteiger partial charge in [-0.2, -0.15) is 0 Å². The number of nitrogens with one attached hydrogen (secondary N) is 1. The van der Waals surface area contributed by atoms with Crippen LogP contribution in [0, 0.1) is 0 Å². The molecule has 0 amide bonds. The van der Waals surface area contributed by atoms with Crippen LogP contribution in [0.2, 0.25) is 0 Å². The number of carbonyl (C=O) groups is 1. The summed E-state index contributed by atoms with van der Waals surface area (Å²) in [6, 6.07) is 0. The van der Waals surface area contributed by atoms with Crippen molar-refractivity contribution in [2.75, 3.05) is 13.1 Å². The van der Waals surface area contributed by atoms with Crippen LogP contribution in [0.5, 0.6) is 0 Å². The molecule has 1 aliphatic heterocycles. The molecule has 1 atom stereocenters. The van der Waals surface area contributed by atoms with Crippen LogP contribution in [-0.4, -0.2) is 28.8 Å². The van der Waals surface area contributed by atoms with E-state index in [1.165, 1.54) is 0 Å². The number of nitrogens with zero attached hydrogens (tertiary/aromatic N) is 2. The summed E-state index contributed by atoms with van der Waals surface area (Å²) < 4.78 is 0. The highest BCUT2D eigenvalue weighted by atomic mass is 16.1. The van der Waals surface area contributed by atoms with E-state index in [0.29, 0.717) is 24.0 Å². The molecule has 90 valence electrons. The van der Waals surface area contributed by atoms with Crippen molar-refractivity contribution in [3.05, 3.63) is 23.3 Å². The SMILES string of the molecule is C[C@@H]1CC(=O)c2ncnc(C3CCNCC3)c21. The van der Waals surface area contributed by atoms with Crippen LogP contribution in [0.4, 0.5) is 0 Å². The predicted octanol–water partition coefficient (Wildman–Crippen LogP) is 1.63. The molecular formula is C13H17N3O. The molecule has 4 heteroatoms. The zero-order valence-electron chi connectivity index (χ0n) is 10.1. The summed E-state index contributed by atoms with van der Waals surface area (Å²) in [6.45, 7) is 4.20. The summed E-state index contributed by atoms with van der Waals surface area (Å²) in [5.74, 6) is 0.982. The lowest BCUT2D eigenvalue weighted by Crippen LogP contribution is -2.27. The topological polar surface area (TPSA) is 54.9 Å². The second-order valence-electron chi connectivity index (χ2n) is 5.07. The number of Topliss-reactive ketones (excluding diaryl/α,β-unsaturated/α-hetero) is 1. The smallest absolute Gasteiger partial charge is 0.182 e. The molecule has 0 spiro atoms. The minimum absolute atomic E-state index is 0.185. The maximum Gasteiger partial charge on any atom is 0.182 e. The van der Waals surface area contributed by atoms with Crippen LogP contribution in [0.3, 0.4) is 0 Å². The molecule has 1 aliphatic carbocycles. The third kappa shape index (κ3) is 1.76.